The van der Waals surface area contributed by atoms with E-state index in [1.807, 2.05) is 64.1 Å². The molecular formula is C33H37F3O3. The number of alkyl halides is 3. The molecule has 0 amide bonds. The van der Waals surface area contributed by atoms with E-state index in [2.05, 4.69) is 6.92 Å². The van der Waals surface area contributed by atoms with E-state index in [1.165, 1.54) is 12.1 Å². The van der Waals surface area contributed by atoms with Crippen molar-refractivity contribution in [2.75, 3.05) is 0 Å². The van der Waals surface area contributed by atoms with Gasteiger partial charge >= 0.3 is 6.18 Å². The topological polar surface area (TPSA) is 60.7 Å². The number of benzene rings is 4. The molecule has 4 aromatic carbocycles. The van der Waals surface area contributed by atoms with E-state index in [0.29, 0.717) is 5.56 Å². The maximum absolute atomic E-state index is 12.4. The molecule has 0 heterocycles. The molecule has 0 aliphatic carbocycles. The van der Waals surface area contributed by atoms with Gasteiger partial charge in [0.2, 0.25) is 0 Å². The van der Waals surface area contributed by atoms with Crippen LogP contribution in [0.15, 0.2) is 91.0 Å². The summed E-state index contributed by atoms with van der Waals surface area (Å²) in [4.78, 5) is 0. The Balaban J connectivity index is 0.000000287. The Morgan fingerprint density at radius 1 is 0.564 bits per heavy atom. The van der Waals surface area contributed by atoms with Gasteiger partial charge in [0.05, 0.1) is 5.56 Å². The van der Waals surface area contributed by atoms with Crippen LogP contribution < -0.4 is 0 Å². The van der Waals surface area contributed by atoms with Gasteiger partial charge in [-0.25, -0.2) is 0 Å². The first-order valence-electron chi connectivity index (χ1n) is 12.9. The van der Waals surface area contributed by atoms with Gasteiger partial charge in [0.25, 0.3) is 0 Å². The van der Waals surface area contributed by atoms with Gasteiger partial charge in [-0.2, -0.15) is 13.2 Å². The monoisotopic (exact) mass is 538 g/mol. The van der Waals surface area contributed by atoms with Gasteiger partial charge in [0.1, 0.15) is 17.2 Å². The minimum absolute atomic E-state index is 0.121. The maximum Gasteiger partial charge on any atom is 0.416 e. The van der Waals surface area contributed by atoms with Crippen molar-refractivity contribution in [3.8, 4) is 17.2 Å². The molecule has 6 heteroatoms. The van der Waals surface area contributed by atoms with Gasteiger partial charge in [0.15, 0.2) is 0 Å². The minimum atomic E-state index is -4.24. The molecule has 0 bridgehead atoms. The first kappa shape index (κ1) is 31.3. The van der Waals surface area contributed by atoms with E-state index in [0.717, 1.165) is 22.3 Å². The number of rotatable bonds is 4. The van der Waals surface area contributed by atoms with E-state index < -0.39 is 17.2 Å². The second-order valence-electron chi connectivity index (χ2n) is 9.55. The third-order valence-electron chi connectivity index (χ3n) is 6.43. The molecule has 208 valence electrons. The Bertz CT molecular complexity index is 1200. The average molecular weight is 539 g/mol. The Morgan fingerprint density at radius 3 is 1.18 bits per heavy atom. The lowest BCUT2D eigenvalue weighted by Gasteiger charge is -2.32. The summed E-state index contributed by atoms with van der Waals surface area (Å²) in [6, 6.07) is 25.5. The smallest absolute Gasteiger partial charge is 0.416 e. The normalized spacial score (nSPS) is 11.2. The van der Waals surface area contributed by atoms with Crippen LogP contribution in [0.1, 0.15) is 73.9 Å². The predicted molar refractivity (Wildman–Crippen MR) is 151 cm³/mol. The molecule has 4 rings (SSSR count). The van der Waals surface area contributed by atoms with Gasteiger partial charge < -0.3 is 15.3 Å². The Labute approximate surface area is 229 Å². The molecule has 0 saturated carbocycles. The SMILES string of the molecule is CC.CC(c1ccc(O)cc1)(c1ccc(O)cc1)c1ccc(O)cc1.Cc1cc(C(C)C)cc(C(F)(F)F)c1. The number of hydrogen-bond acceptors (Lipinski definition) is 3. The van der Waals surface area contributed by atoms with Gasteiger partial charge in [-0.1, -0.05) is 75.7 Å². The fourth-order valence-corrected chi connectivity index (χ4v) is 4.19. The number of phenolic OH excluding ortho intramolecular Hbond substituents is 3. The minimum Gasteiger partial charge on any atom is -0.508 e. The molecule has 0 aliphatic rings. The lowest BCUT2D eigenvalue weighted by Crippen LogP contribution is -2.25. The molecule has 0 aliphatic heterocycles. The zero-order valence-electron chi connectivity index (χ0n) is 23.2. The van der Waals surface area contributed by atoms with Crippen molar-refractivity contribution in [2.24, 2.45) is 0 Å². The molecule has 39 heavy (non-hydrogen) atoms. The largest absolute Gasteiger partial charge is 0.508 e. The molecule has 0 saturated heterocycles. The van der Waals surface area contributed by atoms with Crippen LogP contribution in [-0.4, -0.2) is 15.3 Å². The van der Waals surface area contributed by atoms with Crippen molar-refractivity contribution in [3.63, 3.8) is 0 Å². The van der Waals surface area contributed by atoms with E-state index in [4.69, 9.17) is 0 Å². The molecule has 0 spiro atoms. The van der Waals surface area contributed by atoms with Crippen molar-refractivity contribution < 1.29 is 28.5 Å². The maximum atomic E-state index is 12.4. The first-order valence-corrected chi connectivity index (χ1v) is 12.9. The fourth-order valence-electron chi connectivity index (χ4n) is 4.19. The van der Waals surface area contributed by atoms with Gasteiger partial charge in [-0.15, -0.1) is 0 Å². The zero-order chi connectivity index (χ0) is 29.4. The van der Waals surface area contributed by atoms with E-state index in [1.54, 1.807) is 49.4 Å². The zero-order valence-corrected chi connectivity index (χ0v) is 23.2. The summed E-state index contributed by atoms with van der Waals surface area (Å²) in [5.41, 5.74) is 3.38. The van der Waals surface area contributed by atoms with Crippen LogP contribution in [0.5, 0.6) is 17.2 Å². The summed E-state index contributed by atoms with van der Waals surface area (Å²) >= 11 is 0. The molecule has 4 aromatic rings. The Morgan fingerprint density at radius 2 is 0.897 bits per heavy atom. The van der Waals surface area contributed by atoms with E-state index >= 15 is 0 Å². The number of phenols is 3. The lowest BCUT2D eigenvalue weighted by atomic mass is 9.71. The van der Waals surface area contributed by atoms with Crippen molar-refractivity contribution >= 4 is 0 Å². The molecule has 0 atom stereocenters. The van der Waals surface area contributed by atoms with Crippen LogP contribution in [0.4, 0.5) is 13.2 Å². The molecule has 0 radical (unpaired) electrons. The van der Waals surface area contributed by atoms with Gasteiger partial charge in [-0.05, 0) is 90.6 Å². The molecule has 0 unspecified atom stereocenters. The van der Waals surface area contributed by atoms with Crippen LogP contribution in [0.25, 0.3) is 0 Å². The van der Waals surface area contributed by atoms with E-state index in [9.17, 15) is 28.5 Å². The summed E-state index contributed by atoms with van der Waals surface area (Å²) < 4.78 is 37.2. The molecule has 0 fully saturated rings. The number of aromatic hydroxyl groups is 3. The van der Waals surface area contributed by atoms with Crippen LogP contribution in [0.2, 0.25) is 0 Å². The highest BCUT2D eigenvalue weighted by molar-refractivity contribution is 5.51. The number of halogens is 3. The van der Waals surface area contributed by atoms with Crippen molar-refractivity contribution in [2.45, 2.75) is 59.1 Å². The van der Waals surface area contributed by atoms with Crippen molar-refractivity contribution in [1.82, 2.24) is 0 Å². The van der Waals surface area contributed by atoms with Crippen molar-refractivity contribution in [3.05, 3.63) is 124 Å². The summed E-state index contributed by atoms with van der Waals surface area (Å²) in [5.74, 6) is 0.767. The van der Waals surface area contributed by atoms with Crippen LogP contribution in [0.3, 0.4) is 0 Å². The summed E-state index contributed by atoms with van der Waals surface area (Å²) in [7, 11) is 0. The fraction of sp³-hybridized carbons (Fsp3) is 0.273. The lowest BCUT2D eigenvalue weighted by molar-refractivity contribution is -0.137. The third kappa shape index (κ3) is 8.03. The van der Waals surface area contributed by atoms with Gasteiger partial charge in [0, 0.05) is 5.41 Å². The molecular weight excluding hydrogens is 501 g/mol. The summed E-state index contributed by atoms with van der Waals surface area (Å²) in [6.07, 6.45) is -4.24. The quantitative estimate of drug-likeness (QED) is 0.227. The van der Waals surface area contributed by atoms with Crippen LogP contribution >= 0.6 is 0 Å². The summed E-state index contributed by atoms with van der Waals surface area (Å²) in [5, 5.41) is 28.7. The summed E-state index contributed by atoms with van der Waals surface area (Å²) in [6.45, 7) is 11.5. The number of aryl methyl sites for hydroxylation is 1. The Kier molecular flexibility index (Phi) is 10.6. The standard InChI is InChI=1S/C20H18O3.C11H13F3.C2H6/c1-20(14-2-8-17(21)9-3-14,15-4-10-18(22)11-5-15)16-6-12-19(23)13-7-16;1-7(2)9-4-8(3)5-10(6-9)11(12,13)14;1-2/h2-13,21-23H,1H3;4-7H,1-3H3;1-2H3. The third-order valence-corrected chi connectivity index (χ3v) is 6.43. The molecule has 3 nitrogen and oxygen atoms in total. The van der Waals surface area contributed by atoms with Crippen molar-refractivity contribution in [1.29, 1.82) is 0 Å². The number of hydrogen-bond donors (Lipinski definition) is 3. The van der Waals surface area contributed by atoms with Crippen LogP contribution in [0, 0.1) is 6.92 Å². The highest BCUT2D eigenvalue weighted by Gasteiger charge is 2.32. The second-order valence-corrected chi connectivity index (χ2v) is 9.55. The predicted octanol–water partition coefficient (Wildman–Crippen LogP) is 9.32. The highest BCUT2D eigenvalue weighted by atomic mass is 19.4. The second kappa shape index (κ2) is 13.2. The highest BCUT2D eigenvalue weighted by Crippen LogP contribution is 2.40. The molecule has 3 N–H and O–H groups in total. The van der Waals surface area contributed by atoms with Crippen LogP contribution in [-0.2, 0) is 11.6 Å². The first-order chi connectivity index (χ1) is 18.3. The average Bonchev–Trinajstić information content (AvgIpc) is 2.90. The van der Waals surface area contributed by atoms with E-state index in [-0.39, 0.29) is 23.2 Å². The Hall–Kier alpha value is -3.93. The van der Waals surface area contributed by atoms with Gasteiger partial charge in [-0.3, -0.25) is 0 Å². The molecule has 0 aromatic heterocycles.